The fourth-order valence-electron chi connectivity index (χ4n) is 2.02. The van der Waals surface area contributed by atoms with E-state index in [0.717, 1.165) is 23.0 Å². The molecular formula is C15H20N4O. The molecule has 0 bridgehead atoms. The second-order valence-corrected chi connectivity index (χ2v) is 4.76. The largest absolute Gasteiger partial charge is 0.397 e. The Balaban J connectivity index is 2.22. The lowest BCUT2D eigenvalue weighted by molar-refractivity contribution is -0.121. The number of fused-ring (bicyclic) bond motifs is 1. The molecule has 0 aliphatic carbocycles. The van der Waals surface area contributed by atoms with Gasteiger partial charge in [0.2, 0.25) is 5.91 Å². The first-order chi connectivity index (χ1) is 9.63. The van der Waals surface area contributed by atoms with Gasteiger partial charge in [0.05, 0.1) is 11.2 Å². The highest BCUT2D eigenvalue weighted by Crippen LogP contribution is 2.26. The molecule has 1 amide bonds. The van der Waals surface area contributed by atoms with Crippen molar-refractivity contribution in [2.45, 2.75) is 26.3 Å². The minimum atomic E-state index is -0.311. The van der Waals surface area contributed by atoms with Gasteiger partial charge in [0.25, 0.3) is 0 Å². The SMILES string of the molecule is CCCNC(=O)C(C)Nc1ccc(N)c2ncccc12. The molecule has 1 aromatic heterocycles. The third-order valence-electron chi connectivity index (χ3n) is 3.12. The minimum absolute atomic E-state index is 0.0132. The van der Waals surface area contributed by atoms with Gasteiger partial charge in [0, 0.05) is 23.8 Å². The van der Waals surface area contributed by atoms with Gasteiger partial charge in [-0.25, -0.2) is 0 Å². The predicted octanol–water partition coefficient (Wildman–Crippen LogP) is 2.14. The smallest absolute Gasteiger partial charge is 0.242 e. The van der Waals surface area contributed by atoms with Crippen molar-refractivity contribution < 1.29 is 4.79 Å². The summed E-state index contributed by atoms with van der Waals surface area (Å²) < 4.78 is 0. The van der Waals surface area contributed by atoms with Crippen LogP contribution >= 0.6 is 0 Å². The van der Waals surface area contributed by atoms with E-state index in [0.29, 0.717) is 12.2 Å². The zero-order chi connectivity index (χ0) is 14.5. The van der Waals surface area contributed by atoms with Crippen LogP contribution in [-0.2, 0) is 4.79 Å². The van der Waals surface area contributed by atoms with Gasteiger partial charge in [-0.3, -0.25) is 9.78 Å². The number of benzene rings is 1. The third kappa shape index (κ3) is 2.99. The van der Waals surface area contributed by atoms with Crippen molar-refractivity contribution in [3.8, 4) is 0 Å². The lowest BCUT2D eigenvalue weighted by Gasteiger charge is -2.17. The van der Waals surface area contributed by atoms with E-state index in [1.807, 2.05) is 32.0 Å². The molecule has 2 aromatic rings. The summed E-state index contributed by atoms with van der Waals surface area (Å²) in [5, 5.41) is 7.00. The van der Waals surface area contributed by atoms with E-state index >= 15 is 0 Å². The molecule has 1 heterocycles. The number of anilines is 2. The number of rotatable bonds is 5. The summed E-state index contributed by atoms with van der Waals surface area (Å²) in [7, 11) is 0. The molecule has 0 aliphatic rings. The first kappa shape index (κ1) is 14.1. The zero-order valence-electron chi connectivity index (χ0n) is 11.8. The van der Waals surface area contributed by atoms with Crippen molar-refractivity contribution in [1.82, 2.24) is 10.3 Å². The van der Waals surface area contributed by atoms with E-state index in [2.05, 4.69) is 15.6 Å². The van der Waals surface area contributed by atoms with Gasteiger partial charge < -0.3 is 16.4 Å². The predicted molar refractivity (Wildman–Crippen MR) is 82.5 cm³/mol. The van der Waals surface area contributed by atoms with Crippen molar-refractivity contribution in [2.75, 3.05) is 17.6 Å². The molecule has 0 saturated carbocycles. The summed E-state index contributed by atoms with van der Waals surface area (Å²) in [4.78, 5) is 16.2. The van der Waals surface area contributed by atoms with Crippen LogP contribution in [0.1, 0.15) is 20.3 Å². The summed E-state index contributed by atoms with van der Waals surface area (Å²) in [5.74, 6) is -0.0132. The topological polar surface area (TPSA) is 80.0 Å². The molecule has 5 nitrogen and oxygen atoms in total. The van der Waals surface area contributed by atoms with Gasteiger partial charge in [-0.15, -0.1) is 0 Å². The summed E-state index contributed by atoms with van der Waals surface area (Å²) in [6, 6.07) is 7.16. The Bertz CT molecular complexity index is 612. The van der Waals surface area contributed by atoms with E-state index in [9.17, 15) is 4.79 Å². The van der Waals surface area contributed by atoms with Gasteiger partial charge in [-0.2, -0.15) is 0 Å². The average Bonchev–Trinajstić information content (AvgIpc) is 2.47. The maximum absolute atomic E-state index is 11.9. The molecule has 0 radical (unpaired) electrons. The van der Waals surface area contributed by atoms with Gasteiger partial charge in [0.15, 0.2) is 0 Å². The molecule has 0 fully saturated rings. The number of nitrogens with one attached hydrogen (secondary N) is 2. The number of hydrogen-bond acceptors (Lipinski definition) is 4. The standard InChI is InChI=1S/C15H20N4O/c1-3-8-18-15(20)10(2)19-13-7-6-12(16)14-11(13)5-4-9-17-14/h4-7,9-10,19H,3,8,16H2,1-2H3,(H,18,20). The highest BCUT2D eigenvalue weighted by molar-refractivity contribution is 5.99. The fraction of sp³-hybridized carbons (Fsp3) is 0.333. The Labute approximate surface area is 118 Å². The molecule has 4 N–H and O–H groups in total. The van der Waals surface area contributed by atoms with Crippen molar-refractivity contribution in [2.24, 2.45) is 0 Å². The van der Waals surface area contributed by atoms with Crippen LogP contribution in [0.25, 0.3) is 10.9 Å². The normalized spacial score (nSPS) is 12.1. The lowest BCUT2D eigenvalue weighted by atomic mass is 10.1. The van der Waals surface area contributed by atoms with Crippen LogP contribution in [0.4, 0.5) is 11.4 Å². The van der Waals surface area contributed by atoms with Crippen LogP contribution in [0.3, 0.4) is 0 Å². The molecule has 1 atom stereocenters. The molecule has 0 saturated heterocycles. The lowest BCUT2D eigenvalue weighted by Crippen LogP contribution is -2.37. The highest BCUT2D eigenvalue weighted by Gasteiger charge is 2.13. The Kier molecular flexibility index (Phi) is 4.40. The molecule has 20 heavy (non-hydrogen) atoms. The van der Waals surface area contributed by atoms with Crippen molar-refractivity contribution >= 4 is 28.2 Å². The van der Waals surface area contributed by atoms with Crippen LogP contribution < -0.4 is 16.4 Å². The van der Waals surface area contributed by atoms with Crippen LogP contribution in [0, 0.1) is 0 Å². The van der Waals surface area contributed by atoms with Crippen LogP contribution in [-0.4, -0.2) is 23.5 Å². The maximum Gasteiger partial charge on any atom is 0.242 e. The number of carbonyl (C=O) groups excluding carboxylic acids is 1. The van der Waals surface area contributed by atoms with Crippen LogP contribution in [0.5, 0.6) is 0 Å². The second-order valence-electron chi connectivity index (χ2n) is 4.76. The van der Waals surface area contributed by atoms with Crippen molar-refractivity contribution in [1.29, 1.82) is 0 Å². The summed E-state index contributed by atoms with van der Waals surface area (Å²) in [5.41, 5.74) is 8.16. The number of carbonyl (C=O) groups is 1. The van der Waals surface area contributed by atoms with Crippen molar-refractivity contribution in [3.63, 3.8) is 0 Å². The average molecular weight is 272 g/mol. The number of hydrogen-bond donors (Lipinski definition) is 3. The Morgan fingerprint density at radius 2 is 2.20 bits per heavy atom. The van der Waals surface area contributed by atoms with Crippen LogP contribution in [0.15, 0.2) is 30.5 Å². The van der Waals surface area contributed by atoms with E-state index in [4.69, 9.17) is 5.73 Å². The number of aromatic nitrogens is 1. The number of pyridine rings is 1. The maximum atomic E-state index is 11.9. The van der Waals surface area contributed by atoms with E-state index in [-0.39, 0.29) is 11.9 Å². The van der Waals surface area contributed by atoms with Crippen LogP contribution in [0.2, 0.25) is 0 Å². The first-order valence-electron chi connectivity index (χ1n) is 6.81. The Morgan fingerprint density at radius 3 is 2.95 bits per heavy atom. The van der Waals surface area contributed by atoms with Gasteiger partial charge >= 0.3 is 0 Å². The number of nitrogens with zero attached hydrogens (tertiary/aromatic N) is 1. The van der Waals surface area contributed by atoms with E-state index < -0.39 is 0 Å². The summed E-state index contributed by atoms with van der Waals surface area (Å²) >= 11 is 0. The first-order valence-corrected chi connectivity index (χ1v) is 6.81. The molecule has 0 spiro atoms. The molecular weight excluding hydrogens is 252 g/mol. The quantitative estimate of drug-likeness (QED) is 0.729. The van der Waals surface area contributed by atoms with Gasteiger partial charge in [0.1, 0.15) is 6.04 Å². The summed E-state index contributed by atoms with van der Waals surface area (Å²) in [6.07, 6.45) is 2.63. The monoisotopic (exact) mass is 272 g/mol. The van der Waals surface area contributed by atoms with Gasteiger partial charge in [-0.1, -0.05) is 6.92 Å². The van der Waals surface area contributed by atoms with E-state index in [1.165, 1.54) is 0 Å². The molecule has 0 aliphatic heterocycles. The third-order valence-corrected chi connectivity index (χ3v) is 3.12. The Morgan fingerprint density at radius 1 is 1.40 bits per heavy atom. The van der Waals surface area contributed by atoms with Gasteiger partial charge in [-0.05, 0) is 37.6 Å². The Hall–Kier alpha value is -2.30. The molecule has 1 aromatic carbocycles. The zero-order valence-corrected chi connectivity index (χ0v) is 11.8. The second kappa shape index (κ2) is 6.23. The number of nitrogens with two attached hydrogens (primary N) is 1. The number of amides is 1. The molecule has 5 heteroatoms. The van der Waals surface area contributed by atoms with E-state index in [1.54, 1.807) is 12.3 Å². The fourth-order valence-corrected chi connectivity index (χ4v) is 2.02. The molecule has 2 rings (SSSR count). The molecule has 1 unspecified atom stereocenters. The molecule has 106 valence electrons. The highest BCUT2D eigenvalue weighted by atomic mass is 16.2. The van der Waals surface area contributed by atoms with Crippen molar-refractivity contribution in [3.05, 3.63) is 30.5 Å². The minimum Gasteiger partial charge on any atom is -0.397 e. The number of nitrogen functional groups attached to an aromatic ring is 1. The summed E-state index contributed by atoms with van der Waals surface area (Å²) in [6.45, 7) is 4.55.